The summed E-state index contributed by atoms with van der Waals surface area (Å²) in [5.41, 5.74) is -1.34. The van der Waals surface area contributed by atoms with Crippen molar-refractivity contribution in [2.45, 2.75) is 22.9 Å². The lowest BCUT2D eigenvalue weighted by atomic mass is 10.2. The van der Waals surface area contributed by atoms with E-state index in [0.717, 1.165) is 12.1 Å². The molecule has 0 radical (unpaired) electrons. The fraction of sp³-hybridized carbons (Fsp3) is 0.200. The van der Waals surface area contributed by atoms with Gasteiger partial charge in [-0.3, -0.25) is 8.93 Å². The fourth-order valence-electron chi connectivity index (χ4n) is 2.03. The maximum absolute atomic E-state index is 13.0. The zero-order chi connectivity index (χ0) is 19.7. The van der Waals surface area contributed by atoms with E-state index in [1.165, 1.54) is 18.2 Å². The van der Waals surface area contributed by atoms with Crippen molar-refractivity contribution in [1.82, 2.24) is 0 Å². The van der Waals surface area contributed by atoms with E-state index in [-0.39, 0.29) is 21.4 Å². The van der Waals surface area contributed by atoms with Crippen LogP contribution in [0, 0.1) is 0 Å². The van der Waals surface area contributed by atoms with Crippen LogP contribution in [0.25, 0.3) is 0 Å². The zero-order valence-corrected chi connectivity index (χ0v) is 16.2. The van der Waals surface area contributed by atoms with E-state index >= 15 is 0 Å². The number of hydrogen-bond donors (Lipinski definition) is 1. The van der Waals surface area contributed by atoms with Crippen LogP contribution in [0.5, 0.6) is 0 Å². The second kappa shape index (κ2) is 7.75. The number of hydrogen-bond acceptors (Lipinski definition) is 3. The normalized spacial score (nSPS) is 13.5. The third kappa shape index (κ3) is 4.70. The average molecular weight is 446 g/mol. The largest absolute Gasteiger partial charge is 0.417 e. The zero-order valence-electron chi connectivity index (χ0n) is 13.1. The topological polar surface area (TPSA) is 63.2 Å². The standard InChI is InChI=1S/C15H12Cl2F3NO3S2/c1-2-25(22)14-6-3-9(16)7-13(14)21-26(23,24)10-4-5-12(17)11(8-10)15(18,19)20/h3-8,21H,2H2,1H3. The number of nitrogens with one attached hydrogen (secondary N) is 1. The Morgan fingerprint density at radius 1 is 1.12 bits per heavy atom. The van der Waals surface area contributed by atoms with Crippen molar-refractivity contribution in [3.63, 3.8) is 0 Å². The van der Waals surface area contributed by atoms with Crippen LogP contribution in [0.15, 0.2) is 46.2 Å². The Balaban J connectivity index is 2.51. The summed E-state index contributed by atoms with van der Waals surface area (Å²) in [6.07, 6.45) is -4.81. The number of rotatable bonds is 5. The highest BCUT2D eigenvalue weighted by Crippen LogP contribution is 2.36. The van der Waals surface area contributed by atoms with Crippen molar-refractivity contribution in [3.05, 3.63) is 52.0 Å². The maximum atomic E-state index is 13.0. The van der Waals surface area contributed by atoms with Gasteiger partial charge in [-0.1, -0.05) is 30.1 Å². The van der Waals surface area contributed by atoms with Gasteiger partial charge in [0, 0.05) is 10.8 Å². The van der Waals surface area contributed by atoms with E-state index in [9.17, 15) is 25.8 Å². The summed E-state index contributed by atoms with van der Waals surface area (Å²) < 4.78 is 78.1. The summed E-state index contributed by atoms with van der Waals surface area (Å²) in [5.74, 6) is 0.218. The van der Waals surface area contributed by atoms with E-state index in [1.54, 1.807) is 6.92 Å². The summed E-state index contributed by atoms with van der Waals surface area (Å²) in [6.45, 7) is 1.64. The average Bonchev–Trinajstić information content (AvgIpc) is 2.53. The Labute approximate surface area is 160 Å². The van der Waals surface area contributed by atoms with Crippen LogP contribution >= 0.6 is 23.2 Å². The van der Waals surface area contributed by atoms with Gasteiger partial charge in [0.25, 0.3) is 10.0 Å². The second-order valence-electron chi connectivity index (χ2n) is 5.02. The molecule has 0 aromatic heterocycles. The van der Waals surface area contributed by atoms with Crippen molar-refractivity contribution in [1.29, 1.82) is 0 Å². The summed E-state index contributed by atoms with van der Waals surface area (Å²) >= 11 is 11.4. The second-order valence-corrected chi connectivity index (χ2v) is 9.25. The molecule has 11 heteroatoms. The first kappa shape index (κ1) is 21.0. The molecule has 0 heterocycles. The lowest BCUT2D eigenvalue weighted by Gasteiger charge is -2.14. The van der Waals surface area contributed by atoms with Crippen molar-refractivity contribution < 1.29 is 25.8 Å². The summed E-state index contributed by atoms with van der Waals surface area (Å²) in [7, 11) is -5.91. The molecule has 1 unspecified atom stereocenters. The molecule has 0 spiro atoms. The van der Waals surface area contributed by atoms with Crippen LogP contribution in [-0.2, 0) is 27.0 Å². The number of halogens is 5. The first-order valence-electron chi connectivity index (χ1n) is 7.03. The summed E-state index contributed by atoms with van der Waals surface area (Å²) in [6, 6.07) is 6.30. The number of anilines is 1. The molecule has 1 atom stereocenters. The Bertz CT molecular complexity index is 963. The number of alkyl halides is 3. The predicted octanol–water partition coefficient (Wildman–Crippen LogP) is 4.94. The van der Waals surface area contributed by atoms with E-state index in [1.807, 2.05) is 0 Å². The molecular weight excluding hydrogens is 434 g/mol. The highest BCUT2D eigenvalue weighted by Gasteiger charge is 2.34. The lowest BCUT2D eigenvalue weighted by molar-refractivity contribution is -0.137. The molecule has 0 amide bonds. The van der Waals surface area contributed by atoms with Gasteiger partial charge >= 0.3 is 6.18 Å². The first-order chi connectivity index (χ1) is 12.0. The fourth-order valence-corrected chi connectivity index (χ4v) is 4.47. The monoisotopic (exact) mass is 445 g/mol. The van der Waals surface area contributed by atoms with E-state index in [2.05, 4.69) is 4.72 Å². The van der Waals surface area contributed by atoms with Gasteiger partial charge in [-0.2, -0.15) is 13.2 Å². The molecule has 2 aromatic rings. The van der Waals surface area contributed by atoms with Crippen molar-refractivity contribution in [2.24, 2.45) is 0 Å². The molecule has 0 saturated heterocycles. The number of benzene rings is 2. The molecule has 0 aliphatic carbocycles. The van der Waals surface area contributed by atoms with Crippen molar-refractivity contribution >= 4 is 49.7 Å². The SMILES string of the molecule is CCS(=O)c1ccc(Cl)cc1NS(=O)(=O)c1ccc(Cl)c(C(F)(F)F)c1. The Kier molecular flexibility index (Phi) is 6.27. The Hall–Kier alpha value is -1.29. The van der Waals surface area contributed by atoms with Gasteiger partial charge in [0.05, 0.1) is 36.9 Å². The molecule has 142 valence electrons. The minimum Gasteiger partial charge on any atom is -0.278 e. The van der Waals surface area contributed by atoms with Gasteiger partial charge in [0.2, 0.25) is 0 Å². The quantitative estimate of drug-likeness (QED) is 0.708. The molecule has 0 fully saturated rings. The number of sulfonamides is 1. The lowest BCUT2D eigenvalue weighted by Crippen LogP contribution is -2.16. The molecule has 26 heavy (non-hydrogen) atoms. The third-order valence-corrected chi connectivity index (χ3v) is 6.55. The van der Waals surface area contributed by atoms with E-state index in [0.29, 0.717) is 6.07 Å². The highest BCUT2D eigenvalue weighted by molar-refractivity contribution is 7.92. The smallest absolute Gasteiger partial charge is 0.278 e. The predicted molar refractivity (Wildman–Crippen MR) is 95.7 cm³/mol. The third-order valence-electron chi connectivity index (χ3n) is 3.25. The minimum atomic E-state index is -4.81. The molecule has 1 N–H and O–H groups in total. The molecular formula is C15H12Cl2F3NO3S2. The molecule has 0 bridgehead atoms. The molecule has 0 saturated carbocycles. The Morgan fingerprint density at radius 2 is 1.77 bits per heavy atom. The Morgan fingerprint density at radius 3 is 2.35 bits per heavy atom. The first-order valence-corrected chi connectivity index (χ1v) is 10.6. The molecule has 2 rings (SSSR count). The van der Waals surface area contributed by atoms with Crippen molar-refractivity contribution in [2.75, 3.05) is 10.5 Å². The van der Waals surface area contributed by atoms with Crippen molar-refractivity contribution in [3.8, 4) is 0 Å². The maximum Gasteiger partial charge on any atom is 0.417 e. The van der Waals surface area contributed by atoms with Gasteiger partial charge in [0.15, 0.2) is 0 Å². The molecule has 0 aliphatic rings. The summed E-state index contributed by atoms with van der Waals surface area (Å²) in [5, 5.41) is -0.446. The molecule has 2 aromatic carbocycles. The summed E-state index contributed by atoms with van der Waals surface area (Å²) in [4.78, 5) is -0.465. The minimum absolute atomic E-state index is 0.0683. The van der Waals surface area contributed by atoms with E-state index in [4.69, 9.17) is 23.2 Å². The van der Waals surface area contributed by atoms with Gasteiger partial charge in [-0.25, -0.2) is 8.42 Å². The van der Waals surface area contributed by atoms with Crippen LogP contribution in [0.4, 0.5) is 18.9 Å². The van der Waals surface area contributed by atoms with Crippen LogP contribution in [0.2, 0.25) is 10.0 Å². The van der Waals surface area contributed by atoms with Gasteiger partial charge in [-0.15, -0.1) is 0 Å². The highest BCUT2D eigenvalue weighted by atomic mass is 35.5. The van der Waals surface area contributed by atoms with Crippen LogP contribution in [0.3, 0.4) is 0 Å². The van der Waals surface area contributed by atoms with Crippen LogP contribution in [-0.4, -0.2) is 18.4 Å². The molecule has 4 nitrogen and oxygen atoms in total. The van der Waals surface area contributed by atoms with E-state index < -0.39 is 42.5 Å². The van der Waals surface area contributed by atoms with Gasteiger partial charge in [0.1, 0.15) is 0 Å². The van der Waals surface area contributed by atoms with Crippen LogP contribution < -0.4 is 4.72 Å². The van der Waals surface area contributed by atoms with Crippen LogP contribution in [0.1, 0.15) is 12.5 Å². The van der Waals surface area contributed by atoms with Gasteiger partial charge < -0.3 is 0 Å². The molecule has 0 aliphatic heterocycles. The van der Waals surface area contributed by atoms with Gasteiger partial charge in [-0.05, 0) is 36.4 Å².